The van der Waals surface area contributed by atoms with Crippen molar-refractivity contribution in [3.8, 4) is 23.0 Å². The molecule has 1 aliphatic carbocycles. The minimum atomic E-state index is -2.14. The average molecular weight is 653 g/mol. The monoisotopic (exact) mass is 652 g/mol. The highest BCUT2D eigenvalue weighted by Crippen LogP contribution is 2.68. The van der Waals surface area contributed by atoms with Gasteiger partial charge in [-0.1, -0.05) is 60.7 Å². The van der Waals surface area contributed by atoms with Crippen molar-refractivity contribution >= 4 is 11.8 Å². The fourth-order valence-corrected chi connectivity index (χ4v) is 7.25. The molecule has 2 aliphatic rings. The number of methoxy groups -OCH3 is 3. The first-order valence-electron chi connectivity index (χ1n) is 16.0. The van der Waals surface area contributed by atoms with Gasteiger partial charge in [0.25, 0.3) is 5.91 Å². The number of hydrogen-bond donors (Lipinski definition) is 4. The van der Waals surface area contributed by atoms with Gasteiger partial charge in [-0.05, 0) is 48.2 Å². The smallest absolute Gasteiger partial charge is 0.251 e. The third-order valence-corrected chi connectivity index (χ3v) is 9.47. The molecule has 2 bridgehead atoms. The summed E-state index contributed by atoms with van der Waals surface area (Å²) >= 11 is 0. The van der Waals surface area contributed by atoms with Gasteiger partial charge in [0, 0.05) is 36.7 Å². The Labute approximate surface area is 279 Å². The second-order valence-corrected chi connectivity index (χ2v) is 12.0. The summed E-state index contributed by atoms with van der Waals surface area (Å²) < 4.78 is 23.5. The Hall–Kier alpha value is -5.06. The number of amides is 2. The molecule has 0 aromatic heterocycles. The number of carbonyl (C=O) groups is 2. The Bertz CT molecular complexity index is 1750. The molecule has 4 aromatic rings. The quantitative estimate of drug-likeness (QED) is 0.167. The molecule has 250 valence electrons. The molecule has 4 N–H and O–H groups in total. The number of carbonyl (C=O) groups excluding carboxylic acids is 2. The van der Waals surface area contributed by atoms with Gasteiger partial charge in [-0.2, -0.15) is 0 Å². The van der Waals surface area contributed by atoms with Crippen LogP contribution in [0.5, 0.6) is 23.0 Å². The third-order valence-electron chi connectivity index (χ3n) is 9.47. The molecule has 0 saturated heterocycles. The first-order valence-corrected chi connectivity index (χ1v) is 16.0. The number of rotatable bonds is 12. The van der Waals surface area contributed by atoms with E-state index in [9.17, 15) is 19.8 Å². The summed E-state index contributed by atoms with van der Waals surface area (Å²) in [5.74, 6) is -1.19. The van der Waals surface area contributed by atoms with Crippen LogP contribution in [-0.4, -0.2) is 62.6 Å². The van der Waals surface area contributed by atoms with Crippen LogP contribution in [-0.2, 0) is 16.0 Å². The molecule has 1 heterocycles. The molecule has 5 atom stereocenters. The van der Waals surface area contributed by atoms with Crippen molar-refractivity contribution in [1.29, 1.82) is 0 Å². The highest BCUT2D eigenvalue weighted by Gasteiger charge is 2.76. The lowest BCUT2D eigenvalue weighted by Gasteiger charge is -2.45. The fourth-order valence-electron chi connectivity index (χ4n) is 7.25. The van der Waals surface area contributed by atoms with Crippen LogP contribution >= 0.6 is 0 Å². The summed E-state index contributed by atoms with van der Waals surface area (Å²) in [6, 6.07) is 28.6. The Balaban J connectivity index is 1.36. The Kier molecular flexibility index (Phi) is 9.30. The van der Waals surface area contributed by atoms with Crippen LogP contribution in [0.15, 0.2) is 97.1 Å². The van der Waals surface area contributed by atoms with E-state index in [1.807, 2.05) is 48.5 Å². The first kappa shape index (κ1) is 32.9. The van der Waals surface area contributed by atoms with Crippen LogP contribution in [0.3, 0.4) is 0 Å². The highest BCUT2D eigenvalue weighted by atomic mass is 16.5. The predicted molar refractivity (Wildman–Crippen MR) is 178 cm³/mol. The van der Waals surface area contributed by atoms with Gasteiger partial charge in [0.2, 0.25) is 5.91 Å². The zero-order valence-corrected chi connectivity index (χ0v) is 27.1. The van der Waals surface area contributed by atoms with Crippen molar-refractivity contribution < 1.29 is 38.7 Å². The molecule has 0 spiro atoms. The molecule has 6 rings (SSSR count). The maximum absolute atomic E-state index is 14.5. The van der Waals surface area contributed by atoms with E-state index in [1.165, 1.54) is 14.2 Å². The van der Waals surface area contributed by atoms with E-state index in [-0.39, 0.29) is 29.5 Å². The van der Waals surface area contributed by atoms with E-state index in [0.717, 1.165) is 0 Å². The molecular formula is C38H40N2O8. The number of nitrogens with one attached hydrogen (secondary N) is 2. The van der Waals surface area contributed by atoms with Crippen molar-refractivity contribution in [3.05, 3.63) is 119 Å². The molecule has 10 nitrogen and oxygen atoms in total. The summed E-state index contributed by atoms with van der Waals surface area (Å²) in [5.41, 5.74) is -1.73. The van der Waals surface area contributed by atoms with Crippen molar-refractivity contribution in [1.82, 2.24) is 10.6 Å². The van der Waals surface area contributed by atoms with Gasteiger partial charge >= 0.3 is 0 Å². The lowest BCUT2D eigenvalue weighted by atomic mass is 9.75. The minimum absolute atomic E-state index is 0.159. The number of unbranched alkanes of at least 4 members (excludes halogenated alkanes) is 1. The van der Waals surface area contributed by atoms with Crippen molar-refractivity contribution in [2.24, 2.45) is 5.92 Å². The van der Waals surface area contributed by atoms with Crippen LogP contribution in [0.2, 0.25) is 0 Å². The lowest BCUT2D eigenvalue weighted by molar-refractivity contribution is -0.162. The standard InChI is InChI=1S/C38H40N2O8/c1-45-27-18-16-26(17-19-27)38-31(24-12-6-4-7-13-24)33(35(42)40-21-11-10-20-39-34(41)25-14-8-5-9-15-25)37(44,36(38)43)32-29(47-3)22-28(46-2)23-30(32)48-38/h4-9,12-19,22-23,31,33,36,43-44H,10-11,20-21H2,1-3H3,(H,39,41)(H,40,42)/t31-,33+,36+,37+,38+/m1/s1. The molecule has 10 heteroatoms. The second kappa shape index (κ2) is 13.6. The van der Waals surface area contributed by atoms with Gasteiger partial charge in [-0.3, -0.25) is 9.59 Å². The third kappa shape index (κ3) is 5.50. The maximum Gasteiger partial charge on any atom is 0.251 e. The predicted octanol–water partition coefficient (Wildman–Crippen LogP) is 4.29. The molecule has 1 saturated carbocycles. The van der Waals surface area contributed by atoms with E-state index < -0.39 is 35.0 Å². The Morgan fingerprint density at radius 3 is 2.04 bits per heavy atom. The van der Waals surface area contributed by atoms with E-state index in [4.69, 9.17) is 18.9 Å². The van der Waals surface area contributed by atoms with Crippen molar-refractivity contribution in [2.45, 2.75) is 36.1 Å². The van der Waals surface area contributed by atoms with Gasteiger partial charge in [0.1, 0.15) is 34.7 Å². The SMILES string of the molecule is COc1ccc([C@]23Oc4cc(OC)cc(OC)c4[C@](O)([C@H](C(=O)NCCCCNC(=O)c4ccccc4)[C@H]2c2ccccc2)[C@@H]3O)cc1. The molecule has 1 aliphatic heterocycles. The van der Waals surface area contributed by atoms with Gasteiger partial charge in [0.05, 0.1) is 32.8 Å². The van der Waals surface area contributed by atoms with Crippen molar-refractivity contribution in [3.63, 3.8) is 0 Å². The van der Waals surface area contributed by atoms with Gasteiger partial charge in [0.15, 0.2) is 5.60 Å². The van der Waals surface area contributed by atoms with Crippen LogP contribution in [0, 0.1) is 5.92 Å². The number of aliphatic hydroxyl groups is 2. The average Bonchev–Trinajstić information content (AvgIpc) is 3.25. The molecule has 48 heavy (non-hydrogen) atoms. The Morgan fingerprint density at radius 1 is 0.792 bits per heavy atom. The van der Waals surface area contributed by atoms with Crippen LogP contribution < -0.4 is 29.6 Å². The highest BCUT2D eigenvalue weighted by molar-refractivity contribution is 5.94. The number of benzene rings is 4. The zero-order valence-electron chi connectivity index (χ0n) is 27.1. The number of aliphatic hydroxyl groups excluding tert-OH is 1. The minimum Gasteiger partial charge on any atom is -0.497 e. The van der Waals surface area contributed by atoms with E-state index in [2.05, 4.69) is 10.6 Å². The molecule has 2 amide bonds. The molecule has 0 unspecified atom stereocenters. The van der Waals surface area contributed by atoms with Crippen molar-refractivity contribution in [2.75, 3.05) is 34.4 Å². The topological polar surface area (TPSA) is 136 Å². The number of hydrogen-bond acceptors (Lipinski definition) is 8. The second-order valence-electron chi connectivity index (χ2n) is 12.0. The summed E-state index contributed by atoms with van der Waals surface area (Å²) in [7, 11) is 4.52. The van der Waals surface area contributed by atoms with E-state index in [0.29, 0.717) is 47.6 Å². The normalized spacial score (nSPS) is 23.7. The molecule has 4 aromatic carbocycles. The Morgan fingerprint density at radius 2 is 1.42 bits per heavy atom. The van der Waals surface area contributed by atoms with Gasteiger partial charge in [-0.15, -0.1) is 0 Å². The molecule has 1 fully saturated rings. The summed E-state index contributed by atoms with van der Waals surface area (Å²) in [6.45, 7) is 0.719. The van der Waals surface area contributed by atoms with E-state index >= 15 is 0 Å². The largest absolute Gasteiger partial charge is 0.497 e. The number of fused-ring (bicyclic) bond motifs is 4. The molecular weight excluding hydrogens is 612 g/mol. The fraction of sp³-hybridized carbons (Fsp3) is 0.316. The summed E-state index contributed by atoms with van der Waals surface area (Å²) in [4.78, 5) is 26.9. The van der Waals surface area contributed by atoms with Crippen LogP contribution in [0.4, 0.5) is 0 Å². The van der Waals surface area contributed by atoms with Gasteiger partial charge in [-0.25, -0.2) is 0 Å². The van der Waals surface area contributed by atoms with Gasteiger partial charge < -0.3 is 39.8 Å². The van der Waals surface area contributed by atoms with Crippen LogP contribution in [0.1, 0.15) is 45.8 Å². The van der Waals surface area contributed by atoms with E-state index in [1.54, 1.807) is 55.6 Å². The number of ether oxygens (including phenoxy) is 4. The van der Waals surface area contributed by atoms with Crippen LogP contribution in [0.25, 0.3) is 0 Å². The zero-order chi connectivity index (χ0) is 33.9. The summed E-state index contributed by atoms with van der Waals surface area (Å²) in [5, 5.41) is 31.3. The first-order chi connectivity index (χ1) is 23.3. The molecule has 0 radical (unpaired) electrons. The lowest BCUT2D eigenvalue weighted by Crippen LogP contribution is -2.55. The summed E-state index contributed by atoms with van der Waals surface area (Å²) in [6.07, 6.45) is -0.405. The maximum atomic E-state index is 14.5.